The van der Waals surface area contributed by atoms with Crippen LogP contribution in [0.3, 0.4) is 0 Å². The molecule has 0 radical (unpaired) electrons. The Morgan fingerprint density at radius 1 is 1.29 bits per heavy atom. The molecule has 4 nitrogen and oxygen atoms in total. The normalized spacial score (nSPS) is 10.2. The molecule has 0 bridgehead atoms. The summed E-state index contributed by atoms with van der Waals surface area (Å²) in [6, 6.07) is 8.34. The van der Waals surface area contributed by atoms with Gasteiger partial charge in [0, 0.05) is 12.7 Å². The van der Waals surface area contributed by atoms with Gasteiger partial charge in [-0.05, 0) is 28.4 Å². The minimum Gasteiger partial charge on any atom is -0.368 e. The molecule has 0 fully saturated rings. The molecular weight excluding hydrogens is 280 g/mol. The fourth-order valence-corrected chi connectivity index (χ4v) is 1.73. The molecular formula is C12H13BrN4. The van der Waals surface area contributed by atoms with Crippen LogP contribution in [0.2, 0.25) is 0 Å². The zero-order valence-corrected chi connectivity index (χ0v) is 11.0. The molecule has 88 valence electrons. The van der Waals surface area contributed by atoms with Crippen LogP contribution in [0.1, 0.15) is 11.1 Å². The van der Waals surface area contributed by atoms with Crippen LogP contribution in [0.4, 0.5) is 11.8 Å². The molecule has 0 aliphatic heterocycles. The van der Waals surface area contributed by atoms with Gasteiger partial charge >= 0.3 is 0 Å². The second kappa shape index (κ2) is 5.14. The number of rotatable bonds is 3. The van der Waals surface area contributed by atoms with Crippen molar-refractivity contribution in [2.75, 3.05) is 11.1 Å². The lowest BCUT2D eigenvalue weighted by Crippen LogP contribution is -2.04. The summed E-state index contributed by atoms with van der Waals surface area (Å²) >= 11 is 3.37. The molecule has 0 saturated carbocycles. The number of nitrogens with two attached hydrogens (primary N) is 1. The van der Waals surface area contributed by atoms with Crippen molar-refractivity contribution in [1.82, 2.24) is 9.97 Å². The molecule has 0 saturated heterocycles. The van der Waals surface area contributed by atoms with Crippen LogP contribution in [0.5, 0.6) is 0 Å². The van der Waals surface area contributed by atoms with Gasteiger partial charge in [0.1, 0.15) is 5.82 Å². The average molecular weight is 293 g/mol. The zero-order valence-electron chi connectivity index (χ0n) is 9.44. The summed E-state index contributed by atoms with van der Waals surface area (Å²) in [4.78, 5) is 8.00. The molecule has 0 unspecified atom stereocenters. The smallest absolute Gasteiger partial charge is 0.221 e. The number of nitrogens with zero attached hydrogens (tertiary/aromatic N) is 2. The van der Waals surface area contributed by atoms with E-state index in [4.69, 9.17) is 5.73 Å². The van der Waals surface area contributed by atoms with E-state index in [0.717, 1.165) is 4.47 Å². The standard InChI is InChI=1S/C12H13BrN4/c1-8-2-4-9(5-3-8)6-15-11-10(13)7-16-12(14)17-11/h2-5,7H,6H2,1H3,(H3,14,15,16,17). The van der Waals surface area contributed by atoms with Gasteiger partial charge in [0.05, 0.1) is 4.47 Å². The van der Waals surface area contributed by atoms with Crippen molar-refractivity contribution in [2.45, 2.75) is 13.5 Å². The van der Waals surface area contributed by atoms with E-state index in [2.05, 4.69) is 62.4 Å². The fourth-order valence-electron chi connectivity index (χ4n) is 1.40. The Morgan fingerprint density at radius 2 is 2.00 bits per heavy atom. The fraction of sp³-hybridized carbons (Fsp3) is 0.167. The lowest BCUT2D eigenvalue weighted by molar-refractivity contribution is 1.08. The van der Waals surface area contributed by atoms with Crippen LogP contribution in [0, 0.1) is 6.92 Å². The molecule has 1 heterocycles. The van der Waals surface area contributed by atoms with Crippen LogP contribution >= 0.6 is 15.9 Å². The largest absolute Gasteiger partial charge is 0.368 e. The third-order valence-corrected chi connectivity index (χ3v) is 2.92. The number of benzene rings is 1. The number of nitrogens with one attached hydrogen (secondary N) is 1. The molecule has 3 N–H and O–H groups in total. The summed E-state index contributed by atoms with van der Waals surface area (Å²) in [6.07, 6.45) is 1.64. The van der Waals surface area contributed by atoms with Gasteiger partial charge in [-0.1, -0.05) is 29.8 Å². The molecule has 0 aliphatic rings. The molecule has 1 aromatic heterocycles. The first-order valence-corrected chi connectivity index (χ1v) is 6.02. The molecule has 2 rings (SSSR count). The van der Waals surface area contributed by atoms with Crippen molar-refractivity contribution >= 4 is 27.7 Å². The number of hydrogen-bond acceptors (Lipinski definition) is 4. The summed E-state index contributed by atoms with van der Waals surface area (Å²) in [5.41, 5.74) is 7.98. The molecule has 0 aliphatic carbocycles. The van der Waals surface area contributed by atoms with Crippen molar-refractivity contribution in [3.63, 3.8) is 0 Å². The first-order valence-electron chi connectivity index (χ1n) is 5.22. The highest BCUT2D eigenvalue weighted by Gasteiger charge is 2.02. The predicted octanol–water partition coefficient (Wildman–Crippen LogP) is 2.74. The maximum atomic E-state index is 5.53. The minimum absolute atomic E-state index is 0.264. The number of aromatic nitrogens is 2. The number of halogens is 1. The summed E-state index contributed by atoms with van der Waals surface area (Å²) in [5.74, 6) is 0.970. The molecule has 0 atom stereocenters. The molecule has 0 amide bonds. The number of nitrogen functional groups attached to an aromatic ring is 1. The monoisotopic (exact) mass is 292 g/mol. The van der Waals surface area contributed by atoms with Gasteiger partial charge in [-0.3, -0.25) is 0 Å². The van der Waals surface area contributed by atoms with Gasteiger partial charge in [-0.15, -0.1) is 0 Å². The highest BCUT2D eigenvalue weighted by atomic mass is 79.9. The van der Waals surface area contributed by atoms with Gasteiger partial charge in [-0.2, -0.15) is 4.98 Å². The van der Waals surface area contributed by atoms with Gasteiger partial charge in [0.25, 0.3) is 0 Å². The van der Waals surface area contributed by atoms with E-state index in [-0.39, 0.29) is 5.95 Å². The SMILES string of the molecule is Cc1ccc(CNc2nc(N)ncc2Br)cc1. The first kappa shape index (κ1) is 11.9. The van der Waals surface area contributed by atoms with Crippen molar-refractivity contribution in [2.24, 2.45) is 0 Å². The maximum absolute atomic E-state index is 5.53. The topological polar surface area (TPSA) is 63.8 Å². The predicted molar refractivity (Wildman–Crippen MR) is 72.7 cm³/mol. The average Bonchev–Trinajstić information content (AvgIpc) is 2.32. The van der Waals surface area contributed by atoms with E-state index >= 15 is 0 Å². The van der Waals surface area contributed by atoms with Crippen LogP contribution < -0.4 is 11.1 Å². The zero-order chi connectivity index (χ0) is 12.3. The molecule has 2 aromatic rings. The van der Waals surface area contributed by atoms with Gasteiger partial charge < -0.3 is 11.1 Å². The summed E-state index contributed by atoms with van der Waals surface area (Å²) in [6.45, 7) is 2.77. The highest BCUT2D eigenvalue weighted by molar-refractivity contribution is 9.10. The summed E-state index contributed by atoms with van der Waals surface area (Å²) < 4.78 is 0.804. The van der Waals surface area contributed by atoms with E-state index in [9.17, 15) is 0 Å². The minimum atomic E-state index is 0.264. The van der Waals surface area contributed by atoms with Crippen LogP contribution in [0.15, 0.2) is 34.9 Å². The van der Waals surface area contributed by atoms with Crippen LogP contribution in [-0.2, 0) is 6.54 Å². The molecule has 0 spiro atoms. The second-order valence-corrected chi connectivity index (χ2v) is 4.62. The van der Waals surface area contributed by atoms with Crippen molar-refractivity contribution in [3.8, 4) is 0 Å². The number of anilines is 2. The maximum Gasteiger partial charge on any atom is 0.221 e. The lowest BCUT2D eigenvalue weighted by Gasteiger charge is -2.08. The Balaban J connectivity index is 2.07. The van der Waals surface area contributed by atoms with Gasteiger partial charge in [0.2, 0.25) is 5.95 Å². The van der Waals surface area contributed by atoms with Gasteiger partial charge in [0.15, 0.2) is 0 Å². The van der Waals surface area contributed by atoms with E-state index in [1.807, 2.05) is 0 Å². The molecule has 5 heteroatoms. The Morgan fingerprint density at radius 3 is 2.71 bits per heavy atom. The van der Waals surface area contributed by atoms with E-state index in [1.165, 1.54) is 11.1 Å². The van der Waals surface area contributed by atoms with Crippen molar-refractivity contribution < 1.29 is 0 Å². The van der Waals surface area contributed by atoms with Crippen molar-refractivity contribution in [3.05, 3.63) is 46.1 Å². The Hall–Kier alpha value is -1.62. The quantitative estimate of drug-likeness (QED) is 0.913. The first-order chi connectivity index (χ1) is 8.15. The Bertz CT molecular complexity index is 510. The highest BCUT2D eigenvalue weighted by Crippen LogP contribution is 2.19. The lowest BCUT2D eigenvalue weighted by atomic mass is 10.1. The molecule has 17 heavy (non-hydrogen) atoms. The third kappa shape index (κ3) is 3.17. The second-order valence-electron chi connectivity index (χ2n) is 3.76. The van der Waals surface area contributed by atoms with Crippen LogP contribution in [-0.4, -0.2) is 9.97 Å². The number of aryl methyl sites for hydroxylation is 1. The van der Waals surface area contributed by atoms with E-state index in [0.29, 0.717) is 12.4 Å². The summed E-state index contributed by atoms with van der Waals surface area (Å²) in [7, 11) is 0. The molecule has 1 aromatic carbocycles. The van der Waals surface area contributed by atoms with Gasteiger partial charge in [-0.25, -0.2) is 4.98 Å². The Kier molecular flexibility index (Phi) is 3.58. The van der Waals surface area contributed by atoms with E-state index < -0.39 is 0 Å². The van der Waals surface area contributed by atoms with E-state index in [1.54, 1.807) is 6.20 Å². The van der Waals surface area contributed by atoms with Crippen LogP contribution in [0.25, 0.3) is 0 Å². The van der Waals surface area contributed by atoms with Crippen molar-refractivity contribution in [1.29, 1.82) is 0 Å². The summed E-state index contributed by atoms with van der Waals surface area (Å²) in [5, 5.41) is 3.21. The number of hydrogen-bond donors (Lipinski definition) is 2. The third-order valence-electron chi connectivity index (χ3n) is 2.34. The Labute approximate surface area is 108 Å².